The number of rotatable bonds is 22. The molecule has 0 saturated carbocycles. The van der Waals surface area contributed by atoms with E-state index in [9.17, 15) is 0 Å². The fraction of sp³-hybridized carbons (Fsp3) is 0.926. The van der Waals surface area contributed by atoms with Crippen LogP contribution in [0.5, 0.6) is 0 Å². The summed E-state index contributed by atoms with van der Waals surface area (Å²) in [7, 11) is 0. The van der Waals surface area contributed by atoms with Gasteiger partial charge in [0.1, 0.15) is 0 Å². The van der Waals surface area contributed by atoms with Crippen LogP contribution in [0.25, 0.3) is 0 Å². The van der Waals surface area contributed by atoms with Gasteiger partial charge in [-0.25, -0.2) is 0 Å². The summed E-state index contributed by atoms with van der Waals surface area (Å²) in [6.07, 6.45) is 33.2. The second kappa shape index (κ2) is 23.5. The molecule has 0 fully saturated rings. The Morgan fingerprint density at radius 2 is 0.700 bits per heavy atom. The molecule has 180 valence electrons. The summed E-state index contributed by atoms with van der Waals surface area (Å²) in [6, 6.07) is 0. The third-order valence-corrected chi connectivity index (χ3v) is 6.45. The van der Waals surface area contributed by atoms with E-state index in [0.29, 0.717) is 0 Å². The molecule has 3 heteroatoms. The van der Waals surface area contributed by atoms with Gasteiger partial charge in [-0.3, -0.25) is 0 Å². The van der Waals surface area contributed by atoms with Crippen LogP contribution in [0.15, 0.2) is 12.4 Å². The highest BCUT2D eigenvalue weighted by Gasteiger charge is 2.10. The van der Waals surface area contributed by atoms with Crippen LogP contribution >= 0.6 is 17.0 Å². The molecule has 0 aromatic rings. The fourth-order valence-corrected chi connectivity index (χ4v) is 4.41. The van der Waals surface area contributed by atoms with Gasteiger partial charge >= 0.3 is 0 Å². The number of nitrogens with zero attached hydrogens (tertiary/aromatic N) is 2. The Morgan fingerprint density at radius 3 is 1.00 bits per heavy atom. The van der Waals surface area contributed by atoms with Crippen molar-refractivity contribution >= 4 is 17.0 Å². The number of unbranched alkanes of at least 4 members (excludes halogenated alkanes) is 18. The first-order valence-corrected chi connectivity index (χ1v) is 13.5. The third kappa shape index (κ3) is 18.6. The first kappa shape index (κ1) is 29.8. The van der Waals surface area contributed by atoms with E-state index in [0.717, 1.165) is 6.67 Å². The van der Waals surface area contributed by atoms with Gasteiger partial charge in [0.15, 0.2) is 0 Å². The lowest BCUT2D eigenvalue weighted by molar-refractivity contribution is 0.257. The Bertz CT molecular complexity index is 327. The van der Waals surface area contributed by atoms with Crippen LogP contribution in [0.1, 0.15) is 142 Å². The Hall–Kier alpha value is -0.180. The highest BCUT2D eigenvalue weighted by Crippen LogP contribution is 2.14. The molecule has 0 aromatic carbocycles. The summed E-state index contributed by atoms with van der Waals surface area (Å²) in [5.41, 5.74) is 0. The minimum Gasteiger partial charge on any atom is -0.359 e. The first-order chi connectivity index (χ1) is 14.4. The molecule has 0 amide bonds. The summed E-state index contributed by atoms with van der Waals surface area (Å²) >= 11 is 0. The maximum atomic E-state index is 2.51. The Labute approximate surface area is 201 Å². The molecule has 0 atom stereocenters. The van der Waals surface area contributed by atoms with E-state index in [1.54, 1.807) is 0 Å². The van der Waals surface area contributed by atoms with Gasteiger partial charge in [0.05, 0.1) is 6.67 Å². The Morgan fingerprint density at radius 1 is 0.433 bits per heavy atom. The van der Waals surface area contributed by atoms with Crippen molar-refractivity contribution in [3.8, 4) is 0 Å². The zero-order chi connectivity index (χ0) is 20.8. The van der Waals surface area contributed by atoms with Crippen molar-refractivity contribution in [2.45, 2.75) is 142 Å². The van der Waals surface area contributed by atoms with E-state index in [-0.39, 0.29) is 17.0 Å². The van der Waals surface area contributed by atoms with Gasteiger partial charge in [-0.15, -0.1) is 17.0 Å². The number of halogens is 1. The second-order valence-electron chi connectivity index (χ2n) is 9.43. The molecule has 1 heterocycles. The summed E-state index contributed by atoms with van der Waals surface area (Å²) < 4.78 is 0. The topological polar surface area (TPSA) is 6.48 Å². The first-order valence-electron chi connectivity index (χ1n) is 13.5. The van der Waals surface area contributed by atoms with E-state index in [4.69, 9.17) is 0 Å². The van der Waals surface area contributed by atoms with Crippen LogP contribution in [0, 0.1) is 0 Å². The summed E-state index contributed by atoms with van der Waals surface area (Å²) in [5.74, 6) is 0. The summed E-state index contributed by atoms with van der Waals surface area (Å²) in [4.78, 5) is 5.03. The van der Waals surface area contributed by atoms with E-state index in [2.05, 4.69) is 36.0 Å². The lowest BCUT2D eigenvalue weighted by Crippen LogP contribution is -2.26. The third-order valence-electron chi connectivity index (χ3n) is 6.45. The lowest BCUT2D eigenvalue weighted by atomic mass is 10.1. The van der Waals surface area contributed by atoms with Crippen molar-refractivity contribution < 1.29 is 0 Å². The van der Waals surface area contributed by atoms with Crippen LogP contribution in [-0.2, 0) is 0 Å². The molecule has 0 N–H and O–H groups in total. The highest BCUT2D eigenvalue weighted by atomic mass is 79.9. The average molecular weight is 488 g/mol. The molecule has 30 heavy (non-hydrogen) atoms. The predicted octanol–water partition coefficient (Wildman–Crippen LogP) is 9.45. The maximum absolute atomic E-state index is 2.51. The molecule has 0 radical (unpaired) electrons. The van der Waals surface area contributed by atoms with E-state index in [1.807, 2.05) is 0 Å². The molecule has 0 saturated heterocycles. The van der Waals surface area contributed by atoms with Crippen LogP contribution < -0.4 is 0 Å². The SMILES string of the molecule is Br.CCCCCCCCCCCCN1C=CN(CCCCCCCCCCCC)C1. The van der Waals surface area contributed by atoms with Crippen molar-refractivity contribution in [3.63, 3.8) is 0 Å². The number of hydrogen-bond acceptors (Lipinski definition) is 2. The van der Waals surface area contributed by atoms with Crippen LogP contribution in [0.2, 0.25) is 0 Å². The van der Waals surface area contributed by atoms with Gasteiger partial charge < -0.3 is 9.80 Å². The van der Waals surface area contributed by atoms with Crippen molar-refractivity contribution in [3.05, 3.63) is 12.4 Å². The molecule has 0 aromatic heterocycles. The van der Waals surface area contributed by atoms with Crippen LogP contribution in [0.4, 0.5) is 0 Å². The minimum absolute atomic E-state index is 0. The molecule has 0 aliphatic carbocycles. The van der Waals surface area contributed by atoms with E-state index >= 15 is 0 Å². The molecule has 1 aliphatic rings. The van der Waals surface area contributed by atoms with Crippen molar-refractivity contribution in [2.24, 2.45) is 0 Å². The molecule has 1 aliphatic heterocycles. The van der Waals surface area contributed by atoms with E-state index < -0.39 is 0 Å². The number of hydrogen-bond donors (Lipinski definition) is 0. The molecular formula is C27H55BrN2. The Kier molecular flexibility index (Phi) is 23.3. The standard InChI is InChI=1S/C27H54N2.BrH/c1-3-5-7-9-11-13-15-17-19-21-23-28-25-26-29(27-28)24-22-20-18-16-14-12-10-8-6-4-2;/h25-26H,3-24,27H2,1-2H3;1H. The van der Waals surface area contributed by atoms with Gasteiger partial charge in [0.25, 0.3) is 0 Å². The highest BCUT2D eigenvalue weighted by molar-refractivity contribution is 8.93. The zero-order valence-electron chi connectivity index (χ0n) is 20.7. The molecular weight excluding hydrogens is 432 g/mol. The van der Waals surface area contributed by atoms with E-state index in [1.165, 1.54) is 142 Å². The molecule has 0 unspecified atom stereocenters. The monoisotopic (exact) mass is 486 g/mol. The molecule has 0 spiro atoms. The normalized spacial score (nSPS) is 13.3. The van der Waals surface area contributed by atoms with Crippen molar-refractivity contribution in [2.75, 3.05) is 19.8 Å². The maximum Gasteiger partial charge on any atom is 0.0893 e. The Balaban J connectivity index is 0.00000841. The summed E-state index contributed by atoms with van der Waals surface area (Å²) in [6.45, 7) is 8.23. The van der Waals surface area contributed by atoms with Crippen LogP contribution in [0.3, 0.4) is 0 Å². The van der Waals surface area contributed by atoms with Crippen molar-refractivity contribution in [1.82, 2.24) is 9.80 Å². The van der Waals surface area contributed by atoms with Gasteiger partial charge in [-0.2, -0.15) is 0 Å². The van der Waals surface area contributed by atoms with Crippen LogP contribution in [-0.4, -0.2) is 29.6 Å². The second-order valence-corrected chi connectivity index (χ2v) is 9.43. The fourth-order valence-electron chi connectivity index (χ4n) is 4.41. The minimum atomic E-state index is 0. The van der Waals surface area contributed by atoms with Gasteiger partial charge in [0, 0.05) is 25.5 Å². The smallest absolute Gasteiger partial charge is 0.0893 e. The quantitative estimate of drug-likeness (QED) is 0.140. The largest absolute Gasteiger partial charge is 0.359 e. The summed E-state index contributed by atoms with van der Waals surface area (Å²) in [5, 5.41) is 0. The molecule has 1 rings (SSSR count). The van der Waals surface area contributed by atoms with Gasteiger partial charge in [-0.05, 0) is 12.8 Å². The molecule has 0 bridgehead atoms. The van der Waals surface area contributed by atoms with Gasteiger partial charge in [0.2, 0.25) is 0 Å². The van der Waals surface area contributed by atoms with Crippen molar-refractivity contribution in [1.29, 1.82) is 0 Å². The van der Waals surface area contributed by atoms with Gasteiger partial charge in [-0.1, -0.05) is 129 Å². The lowest BCUT2D eigenvalue weighted by Gasteiger charge is -2.21. The molecule has 2 nitrogen and oxygen atoms in total. The predicted molar refractivity (Wildman–Crippen MR) is 141 cm³/mol. The zero-order valence-corrected chi connectivity index (χ0v) is 22.4. The average Bonchev–Trinajstić information content (AvgIpc) is 3.18.